The van der Waals surface area contributed by atoms with Crippen LogP contribution >= 0.6 is 23.2 Å². The Hall–Kier alpha value is -5.20. The van der Waals surface area contributed by atoms with Gasteiger partial charge in [-0.2, -0.15) is 0 Å². The van der Waals surface area contributed by atoms with Gasteiger partial charge in [0, 0.05) is 53.8 Å². The summed E-state index contributed by atoms with van der Waals surface area (Å²) in [7, 11) is 1.38. The van der Waals surface area contributed by atoms with Crippen molar-refractivity contribution in [1.29, 1.82) is 0 Å². The second-order valence-corrected chi connectivity index (χ2v) is 15.7. The number of nitrogen functional groups attached to an aromatic ring is 1. The highest BCUT2D eigenvalue weighted by atomic mass is 35.5. The molecule has 2 fully saturated rings. The minimum atomic E-state index is -0.413. The molecule has 2 aliphatic carbocycles. The summed E-state index contributed by atoms with van der Waals surface area (Å²) in [6, 6.07) is 15.7. The molecule has 2 aromatic carbocycles. The van der Waals surface area contributed by atoms with Crippen molar-refractivity contribution in [3.05, 3.63) is 131 Å². The summed E-state index contributed by atoms with van der Waals surface area (Å²) in [4.78, 5) is 47.5. The number of aromatic nitrogens is 2. The number of carbonyl (C=O) groups excluding carboxylic acids is 2. The van der Waals surface area contributed by atoms with Crippen LogP contribution in [0.4, 0.5) is 21.0 Å². The molecule has 2 aromatic heterocycles. The van der Waals surface area contributed by atoms with Gasteiger partial charge in [-0.15, -0.1) is 0 Å². The lowest BCUT2D eigenvalue weighted by Gasteiger charge is -2.36. The maximum atomic E-state index is 12.1. The average Bonchev–Trinajstić information content (AvgIpc) is 3.48. The van der Waals surface area contributed by atoms with E-state index in [1.807, 2.05) is 36.1 Å². The highest BCUT2D eigenvalue weighted by Gasteiger charge is 2.35. The van der Waals surface area contributed by atoms with Crippen LogP contribution in [0.25, 0.3) is 5.57 Å². The van der Waals surface area contributed by atoms with E-state index in [1.165, 1.54) is 35.6 Å². The molecule has 8 rings (SSSR count). The number of anilines is 1. The van der Waals surface area contributed by atoms with Gasteiger partial charge in [-0.3, -0.25) is 15.1 Å². The molecule has 14 heteroatoms. The number of amides is 2. The molecule has 2 saturated heterocycles. The number of benzene rings is 2. The molecule has 0 spiro atoms. The number of ether oxygens (including phenoxy) is 2. The van der Waals surface area contributed by atoms with Gasteiger partial charge in [0.1, 0.15) is 6.20 Å². The van der Waals surface area contributed by atoms with E-state index in [2.05, 4.69) is 23.2 Å². The fourth-order valence-electron chi connectivity index (χ4n) is 8.76. The maximum absolute atomic E-state index is 12.1. The zero-order chi connectivity index (χ0) is 40.2. The number of fused-ring (bicyclic) bond motifs is 4. The molecule has 1 atom stereocenters. The predicted molar refractivity (Wildman–Crippen MR) is 220 cm³/mol. The van der Waals surface area contributed by atoms with Gasteiger partial charge in [0.2, 0.25) is 0 Å². The molecule has 1 unspecified atom stereocenters. The molecule has 0 radical (unpaired) electrons. The lowest BCUT2D eigenvalue weighted by atomic mass is 9.76. The van der Waals surface area contributed by atoms with E-state index in [0.29, 0.717) is 68.7 Å². The van der Waals surface area contributed by atoms with E-state index in [1.54, 1.807) is 17.2 Å². The summed E-state index contributed by atoms with van der Waals surface area (Å²) >= 11 is 12.5. The van der Waals surface area contributed by atoms with Crippen molar-refractivity contribution in [2.45, 2.75) is 64.2 Å². The van der Waals surface area contributed by atoms with Crippen molar-refractivity contribution >= 4 is 52.3 Å². The van der Waals surface area contributed by atoms with Gasteiger partial charge in [-0.25, -0.2) is 14.6 Å². The van der Waals surface area contributed by atoms with E-state index < -0.39 is 4.92 Å². The Bertz CT molecular complexity index is 2160. The first-order valence-electron chi connectivity index (χ1n) is 19.5. The summed E-state index contributed by atoms with van der Waals surface area (Å²) in [6.45, 7) is 4.81. The molecule has 298 valence electrons. The number of methoxy groups -OCH3 is 1. The summed E-state index contributed by atoms with van der Waals surface area (Å²) in [5, 5.41) is 12.7. The lowest BCUT2D eigenvalue weighted by Crippen LogP contribution is -2.40. The molecule has 12 nitrogen and oxygen atoms in total. The summed E-state index contributed by atoms with van der Waals surface area (Å²) in [5.41, 5.74) is 17.7. The number of nitrogens with two attached hydrogens (primary N) is 1. The topological polar surface area (TPSA) is 154 Å². The summed E-state index contributed by atoms with van der Waals surface area (Å²) < 4.78 is 10.00. The number of hydrogen-bond acceptors (Lipinski definition) is 9. The molecule has 0 saturated carbocycles. The third-order valence-corrected chi connectivity index (χ3v) is 12.0. The van der Waals surface area contributed by atoms with Gasteiger partial charge in [0.15, 0.2) is 0 Å². The number of halogens is 2. The first-order valence-corrected chi connectivity index (χ1v) is 20.2. The Morgan fingerprint density at radius 1 is 0.825 bits per heavy atom. The second-order valence-electron chi connectivity index (χ2n) is 14.9. The molecular weight excluding hydrogens is 767 g/mol. The van der Waals surface area contributed by atoms with Crippen LogP contribution in [0.3, 0.4) is 0 Å². The number of nitro groups is 1. The van der Waals surface area contributed by atoms with Crippen LogP contribution < -0.4 is 5.73 Å². The van der Waals surface area contributed by atoms with Crippen molar-refractivity contribution < 1.29 is 24.0 Å². The highest BCUT2D eigenvalue weighted by molar-refractivity contribution is 6.31. The number of hydrogen-bond donors (Lipinski definition) is 1. The number of rotatable bonds is 3. The van der Waals surface area contributed by atoms with Crippen LogP contribution in [0.5, 0.6) is 0 Å². The first kappa shape index (κ1) is 40.0. The number of nitrogens with zero attached hydrogens (tertiary/aromatic N) is 5. The number of carbonyl (C=O) groups is 2. The second kappa shape index (κ2) is 17.5. The van der Waals surface area contributed by atoms with Crippen LogP contribution in [0.15, 0.2) is 66.5 Å². The number of likely N-dealkylation sites (tertiary alicyclic amines) is 2. The van der Waals surface area contributed by atoms with E-state index in [0.717, 1.165) is 70.8 Å². The van der Waals surface area contributed by atoms with Crippen LogP contribution in [0.2, 0.25) is 10.0 Å². The van der Waals surface area contributed by atoms with Crippen molar-refractivity contribution in [1.82, 2.24) is 19.8 Å². The molecule has 2 aliphatic heterocycles. The SMILES string of the molecule is CCOC(=O)N1CCC(C2c3ccc(Cl)cc3CCc3cc(N)cnc32)CC1.COC(=O)N1CCC(=C2c3ccc(Cl)cc3CCc3cc([N+](=O)[O-])cnc32)CC1. The molecular formula is C43H46Cl2N6O6. The molecule has 57 heavy (non-hydrogen) atoms. The van der Waals surface area contributed by atoms with Gasteiger partial charge in [0.05, 0.1) is 41.9 Å². The average molecular weight is 814 g/mol. The highest BCUT2D eigenvalue weighted by Crippen LogP contribution is 2.43. The third kappa shape index (κ3) is 8.72. The lowest BCUT2D eigenvalue weighted by molar-refractivity contribution is -0.385. The van der Waals surface area contributed by atoms with Crippen LogP contribution in [0, 0.1) is 16.0 Å². The van der Waals surface area contributed by atoms with Crippen molar-refractivity contribution in [3.63, 3.8) is 0 Å². The Morgan fingerprint density at radius 3 is 2.18 bits per heavy atom. The zero-order valence-electron chi connectivity index (χ0n) is 32.1. The van der Waals surface area contributed by atoms with E-state index in [4.69, 9.17) is 43.4 Å². The maximum Gasteiger partial charge on any atom is 0.409 e. The first-order chi connectivity index (χ1) is 27.5. The third-order valence-electron chi connectivity index (χ3n) is 11.5. The van der Waals surface area contributed by atoms with Gasteiger partial charge in [0.25, 0.3) is 5.69 Å². The van der Waals surface area contributed by atoms with E-state index in [-0.39, 0.29) is 23.8 Å². The normalized spacial score (nSPS) is 17.7. The van der Waals surface area contributed by atoms with E-state index >= 15 is 0 Å². The van der Waals surface area contributed by atoms with Crippen molar-refractivity contribution in [2.24, 2.45) is 5.92 Å². The molecule has 4 aromatic rings. The van der Waals surface area contributed by atoms with Gasteiger partial charge < -0.3 is 25.0 Å². The molecule has 2 N–H and O–H groups in total. The quantitative estimate of drug-likeness (QED) is 0.158. The van der Waals surface area contributed by atoms with Crippen LogP contribution in [-0.4, -0.2) is 76.8 Å². The van der Waals surface area contributed by atoms with Gasteiger partial charge in [-0.1, -0.05) is 40.9 Å². The summed E-state index contributed by atoms with van der Waals surface area (Å²) in [5.74, 6) is 0.619. The van der Waals surface area contributed by atoms with Crippen molar-refractivity contribution in [2.75, 3.05) is 45.6 Å². The Labute approximate surface area is 342 Å². The Morgan fingerprint density at radius 2 is 1.47 bits per heavy atom. The smallest absolute Gasteiger partial charge is 0.409 e. The predicted octanol–water partition coefficient (Wildman–Crippen LogP) is 8.82. The van der Waals surface area contributed by atoms with Gasteiger partial charge in [-0.05, 0) is 128 Å². The summed E-state index contributed by atoms with van der Waals surface area (Å²) in [6.07, 6.45) is 9.05. The molecule has 4 heterocycles. The number of aryl methyl sites for hydroxylation is 4. The molecule has 2 amide bonds. The fourth-order valence-corrected chi connectivity index (χ4v) is 9.15. The monoisotopic (exact) mass is 812 g/mol. The standard InChI is InChI=1S/C22H26ClN3O2.C21H20ClN3O4/c1-2-28-22(27)26-9-7-14(8-10-26)20-19-6-5-17(23)11-15(19)3-4-16-12-18(24)13-25-21(16)20;1-29-21(26)24-8-6-13(7-9-24)19-18-5-4-16(22)10-14(18)2-3-15-11-17(25(27)28)12-23-20(15)19/h5-6,11-14,20H,2-4,7-10,24H2,1H3;4-5,10-12H,2-3,6-9H2,1H3. The fraction of sp³-hybridized carbons (Fsp3) is 0.395. The van der Waals surface area contributed by atoms with Gasteiger partial charge >= 0.3 is 12.2 Å². The zero-order valence-corrected chi connectivity index (χ0v) is 33.7. The molecule has 0 bridgehead atoms. The van der Waals surface area contributed by atoms with Crippen LogP contribution in [-0.2, 0) is 35.2 Å². The van der Waals surface area contributed by atoms with E-state index in [9.17, 15) is 19.7 Å². The minimum Gasteiger partial charge on any atom is -0.453 e. The Kier molecular flexibility index (Phi) is 12.3. The van der Waals surface area contributed by atoms with Crippen molar-refractivity contribution in [3.8, 4) is 0 Å². The number of piperidine rings is 2. The number of pyridine rings is 2. The largest absolute Gasteiger partial charge is 0.453 e. The Balaban J connectivity index is 0.000000174. The van der Waals surface area contributed by atoms with Crippen LogP contribution in [0.1, 0.15) is 83.3 Å². The minimum absolute atomic E-state index is 0.00222. The molecule has 4 aliphatic rings.